The van der Waals surface area contributed by atoms with Crippen LogP contribution in [0.25, 0.3) is 22.3 Å². The van der Waals surface area contributed by atoms with E-state index in [1.54, 1.807) is 0 Å². The molecule has 0 N–H and O–H groups in total. The van der Waals surface area contributed by atoms with Crippen LogP contribution in [0.5, 0.6) is 5.75 Å². The van der Waals surface area contributed by atoms with Gasteiger partial charge >= 0.3 is 11.3 Å². The van der Waals surface area contributed by atoms with Crippen LogP contribution >= 0.6 is 0 Å². The Kier molecular flexibility index (Phi) is 4.55. The Hall–Kier alpha value is -2.35. The third-order valence-electron chi connectivity index (χ3n) is 4.51. The van der Waals surface area contributed by atoms with Crippen LogP contribution in [0.3, 0.4) is 0 Å². The summed E-state index contributed by atoms with van der Waals surface area (Å²) in [6.07, 6.45) is 0. The van der Waals surface area contributed by atoms with Gasteiger partial charge in [-0.05, 0) is 55.0 Å². The first-order valence-corrected chi connectivity index (χ1v) is 8.91. The zero-order valence-corrected chi connectivity index (χ0v) is 16.1. The van der Waals surface area contributed by atoms with Gasteiger partial charge in [0.15, 0.2) is 0 Å². The zero-order valence-electron chi connectivity index (χ0n) is 16.1. The Morgan fingerprint density at radius 3 is 2.24 bits per heavy atom. The lowest BCUT2D eigenvalue weighted by Crippen LogP contribution is -2.10. The van der Waals surface area contributed by atoms with E-state index in [4.69, 9.17) is 9.15 Å². The van der Waals surface area contributed by atoms with Crippen molar-refractivity contribution in [3.8, 4) is 17.1 Å². The van der Waals surface area contributed by atoms with Gasteiger partial charge in [0.05, 0.1) is 18.2 Å². The van der Waals surface area contributed by atoms with E-state index in [2.05, 4.69) is 71.0 Å². The Morgan fingerprint density at radius 1 is 0.960 bits per heavy atom. The van der Waals surface area contributed by atoms with E-state index in [0.29, 0.717) is 6.61 Å². The summed E-state index contributed by atoms with van der Waals surface area (Å²) in [6, 6.07) is 14.9. The lowest BCUT2D eigenvalue weighted by molar-refractivity contribution is 0.342. The number of hydrogen-bond acceptors (Lipinski definition) is 1. The Balaban J connectivity index is 2.16. The molecule has 0 amide bonds. The minimum Gasteiger partial charge on any atom is -0.492 e. The van der Waals surface area contributed by atoms with Gasteiger partial charge in [0.2, 0.25) is 0 Å². The maximum atomic E-state index is 6.24. The Morgan fingerprint density at radius 2 is 1.64 bits per heavy atom. The molecule has 130 valence electrons. The molecule has 0 saturated heterocycles. The van der Waals surface area contributed by atoms with Crippen LogP contribution in [-0.4, -0.2) is 6.61 Å². The Labute approximate surface area is 150 Å². The summed E-state index contributed by atoms with van der Waals surface area (Å²) in [6.45, 7) is 13.5. The van der Waals surface area contributed by atoms with Crippen molar-refractivity contribution in [2.45, 2.75) is 47.0 Å². The number of aryl methyl sites for hydroxylation is 2. The van der Waals surface area contributed by atoms with Crippen LogP contribution in [0.2, 0.25) is 0 Å². The van der Waals surface area contributed by atoms with E-state index in [9.17, 15) is 0 Å². The van der Waals surface area contributed by atoms with Crippen molar-refractivity contribution in [2.75, 3.05) is 6.61 Å². The van der Waals surface area contributed by atoms with Gasteiger partial charge in [0.1, 0.15) is 11.1 Å². The lowest BCUT2D eigenvalue weighted by atomic mass is 9.86. The van der Waals surface area contributed by atoms with Crippen LogP contribution in [0.1, 0.15) is 44.4 Å². The fourth-order valence-electron chi connectivity index (χ4n) is 3.21. The third kappa shape index (κ3) is 3.53. The molecule has 3 aromatic rings. The predicted octanol–water partition coefficient (Wildman–Crippen LogP) is 6.69. The van der Waals surface area contributed by atoms with E-state index >= 15 is 0 Å². The van der Waals surface area contributed by atoms with E-state index in [-0.39, 0.29) is 5.41 Å². The second-order valence-electron chi connectivity index (χ2n) is 7.69. The third-order valence-corrected chi connectivity index (χ3v) is 4.51. The molecular weight excluding hydrogens is 308 g/mol. The van der Waals surface area contributed by atoms with Crippen LogP contribution in [0, 0.1) is 13.8 Å². The molecule has 1 aromatic heterocycles. The molecule has 0 unspecified atom stereocenters. The number of ether oxygens (including phenoxy) is 1. The molecule has 0 atom stereocenters. The molecule has 0 spiro atoms. The van der Waals surface area contributed by atoms with Gasteiger partial charge in [-0.1, -0.05) is 39.0 Å². The molecule has 0 bridgehead atoms. The maximum Gasteiger partial charge on any atom is 0.365 e. The molecule has 3 rings (SSSR count). The molecule has 0 aliphatic carbocycles. The molecule has 2 heteroatoms. The highest BCUT2D eigenvalue weighted by atomic mass is 16.5. The minimum atomic E-state index is 0.143. The average Bonchev–Trinajstić information content (AvgIpc) is 2.53. The van der Waals surface area contributed by atoms with Crippen molar-refractivity contribution in [3.05, 3.63) is 59.2 Å². The summed E-state index contributed by atoms with van der Waals surface area (Å²) in [7, 11) is 0. The first-order chi connectivity index (χ1) is 11.8. The molecular formula is C23H27O2+. The topological polar surface area (TPSA) is 20.5 Å². The fourth-order valence-corrected chi connectivity index (χ4v) is 3.21. The summed E-state index contributed by atoms with van der Waals surface area (Å²) in [4.78, 5) is 0. The van der Waals surface area contributed by atoms with Gasteiger partial charge in [0.25, 0.3) is 0 Å². The average molecular weight is 335 g/mol. The van der Waals surface area contributed by atoms with Crippen molar-refractivity contribution in [1.82, 2.24) is 0 Å². The van der Waals surface area contributed by atoms with E-state index in [0.717, 1.165) is 28.0 Å². The largest absolute Gasteiger partial charge is 0.492 e. The molecule has 25 heavy (non-hydrogen) atoms. The van der Waals surface area contributed by atoms with Gasteiger partial charge in [-0.25, -0.2) is 4.42 Å². The normalized spacial score (nSPS) is 11.8. The van der Waals surface area contributed by atoms with Crippen molar-refractivity contribution in [2.24, 2.45) is 0 Å². The first-order valence-electron chi connectivity index (χ1n) is 8.91. The SMILES string of the molecule is CCOc1cc(-c2ccc(C(C)(C)C)cc2)[o+]c2cc(C)cc(C)c12. The number of rotatable bonds is 3. The standard InChI is InChI=1S/C23H27O2/c1-7-24-20-14-19(17-8-10-18(11-9-17)23(4,5)6)25-21-13-15(2)12-16(3)22(20)21/h8-14H,7H2,1-6H3/q+1. The molecule has 0 radical (unpaired) electrons. The monoisotopic (exact) mass is 335 g/mol. The molecule has 1 heterocycles. The quantitative estimate of drug-likeness (QED) is 0.497. The second-order valence-corrected chi connectivity index (χ2v) is 7.69. The van der Waals surface area contributed by atoms with Crippen LogP contribution in [-0.2, 0) is 5.41 Å². The number of benzene rings is 2. The highest BCUT2D eigenvalue weighted by Crippen LogP contribution is 2.36. The number of hydrogen-bond donors (Lipinski definition) is 0. The molecule has 2 aromatic carbocycles. The zero-order chi connectivity index (χ0) is 18.2. The van der Waals surface area contributed by atoms with E-state index in [1.807, 2.05) is 13.0 Å². The summed E-state index contributed by atoms with van der Waals surface area (Å²) < 4.78 is 12.2. The van der Waals surface area contributed by atoms with Crippen LogP contribution < -0.4 is 4.74 Å². The highest BCUT2D eigenvalue weighted by molar-refractivity contribution is 5.89. The molecule has 0 saturated carbocycles. The Bertz CT molecular complexity index is 900. The highest BCUT2D eigenvalue weighted by Gasteiger charge is 2.22. The summed E-state index contributed by atoms with van der Waals surface area (Å²) in [5, 5.41) is 1.06. The van der Waals surface area contributed by atoms with Crippen molar-refractivity contribution < 1.29 is 9.15 Å². The maximum absolute atomic E-state index is 6.24. The van der Waals surface area contributed by atoms with Crippen molar-refractivity contribution >= 4 is 11.0 Å². The van der Waals surface area contributed by atoms with Gasteiger partial charge in [-0.2, -0.15) is 0 Å². The van der Waals surface area contributed by atoms with Crippen molar-refractivity contribution in [3.63, 3.8) is 0 Å². The van der Waals surface area contributed by atoms with Gasteiger partial charge < -0.3 is 4.74 Å². The van der Waals surface area contributed by atoms with E-state index in [1.165, 1.54) is 16.7 Å². The summed E-state index contributed by atoms with van der Waals surface area (Å²) in [5.74, 6) is 1.72. The summed E-state index contributed by atoms with van der Waals surface area (Å²) in [5.41, 5.74) is 5.76. The molecule has 0 aliphatic rings. The predicted molar refractivity (Wildman–Crippen MR) is 105 cm³/mol. The summed E-state index contributed by atoms with van der Waals surface area (Å²) >= 11 is 0. The molecule has 0 fully saturated rings. The van der Waals surface area contributed by atoms with Gasteiger partial charge in [-0.3, -0.25) is 0 Å². The minimum absolute atomic E-state index is 0.143. The van der Waals surface area contributed by atoms with Crippen LogP contribution in [0.4, 0.5) is 0 Å². The van der Waals surface area contributed by atoms with Crippen LogP contribution in [0.15, 0.2) is 46.9 Å². The number of fused-ring (bicyclic) bond motifs is 1. The van der Waals surface area contributed by atoms with E-state index < -0.39 is 0 Å². The lowest BCUT2D eigenvalue weighted by Gasteiger charge is -2.18. The first kappa shape index (κ1) is 17.5. The second kappa shape index (κ2) is 6.51. The van der Waals surface area contributed by atoms with Gasteiger partial charge in [-0.15, -0.1) is 0 Å². The molecule has 0 aliphatic heterocycles. The van der Waals surface area contributed by atoms with Crippen molar-refractivity contribution in [1.29, 1.82) is 0 Å². The van der Waals surface area contributed by atoms with Gasteiger partial charge in [0, 0.05) is 6.07 Å². The fraction of sp³-hybridized carbons (Fsp3) is 0.348. The molecule has 2 nitrogen and oxygen atoms in total. The smallest absolute Gasteiger partial charge is 0.365 e.